The summed E-state index contributed by atoms with van der Waals surface area (Å²) in [5.74, 6) is 1.93. The molecule has 0 aromatic carbocycles. The van der Waals surface area contributed by atoms with Crippen LogP contribution in [0.1, 0.15) is 51.0 Å². The molecule has 3 heteroatoms. The number of aromatic nitrogens is 1. The van der Waals surface area contributed by atoms with E-state index in [4.69, 9.17) is 12.3 Å². The molecule has 0 aliphatic carbocycles. The van der Waals surface area contributed by atoms with E-state index in [0.717, 1.165) is 11.5 Å². The second-order valence-electron chi connectivity index (χ2n) is 3.61. The van der Waals surface area contributed by atoms with Gasteiger partial charge in [0.2, 0.25) is 0 Å². The highest BCUT2D eigenvalue weighted by Crippen LogP contribution is 2.23. The molecule has 0 N–H and O–H groups in total. The van der Waals surface area contributed by atoms with Gasteiger partial charge < -0.3 is 4.42 Å². The van der Waals surface area contributed by atoms with Crippen LogP contribution in [0, 0.1) is 0 Å². The van der Waals surface area contributed by atoms with Gasteiger partial charge in [0.05, 0.1) is 5.69 Å². The Balaban J connectivity index is 3.08. The Hall–Kier alpha value is -0.725. The van der Waals surface area contributed by atoms with Crippen LogP contribution in [0.4, 0.5) is 0 Å². The zero-order valence-electron chi connectivity index (χ0n) is 8.09. The monoisotopic (exact) mass is 163 g/mol. The Kier molecular flexibility index (Phi) is 2.60. The number of nitrogens with zero attached hydrogens (tertiary/aromatic N) is 1. The molecule has 0 unspecified atom stereocenters. The van der Waals surface area contributed by atoms with Crippen LogP contribution >= 0.6 is 0 Å². The van der Waals surface area contributed by atoms with Crippen molar-refractivity contribution in [2.45, 2.75) is 39.5 Å². The highest BCUT2D eigenvalue weighted by atomic mass is 16.3. The molecular weight excluding hydrogens is 149 g/mol. The minimum atomic E-state index is 0.280. The van der Waals surface area contributed by atoms with Gasteiger partial charge in [-0.05, 0) is 5.92 Å². The molecule has 1 aromatic rings. The van der Waals surface area contributed by atoms with Crippen molar-refractivity contribution in [3.8, 4) is 0 Å². The summed E-state index contributed by atoms with van der Waals surface area (Å²) in [5, 5.41) is 0. The molecule has 0 saturated carbocycles. The van der Waals surface area contributed by atoms with Gasteiger partial charge in [-0.1, -0.05) is 27.7 Å². The van der Waals surface area contributed by atoms with Crippen molar-refractivity contribution in [2.24, 2.45) is 0 Å². The van der Waals surface area contributed by atoms with Crippen molar-refractivity contribution in [3.05, 3.63) is 11.5 Å². The third kappa shape index (κ3) is 1.71. The highest BCUT2D eigenvalue weighted by molar-refractivity contribution is 6.28. The fraction of sp³-hybridized carbons (Fsp3) is 0.667. The van der Waals surface area contributed by atoms with Crippen LogP contribution in [0.25, 0.3) is 0 Å². The van der Waals surface area contributed by atoms with Gasteiger partial charge in [0.25, 0.3) is 0 Å². The minimum Gasteiger partial charge on any atom is -0.457 e. The average Bonchev–Trinajstić information content (AvgIpc) is 2.31. The van der Waals surface area contributed by atoms with Gasteiger partial charge in [0.15, 0.2) is 7.85 Å². The lowest BCUT2D eigenvalue weighted by Gasteiger charge is -2.05. The van der Waals surface area contributed by atoms with Gasteiger partial charge in [-0.25, -0.2) is 4.98 Å². The summed E-state index contributed by atoms with van der Waals surface area (Å²) in [6.07, 6.45) is 0. The molecule has 64 valence electrons. The lowest BCUT2D eigenvalue weighted by Crippen LogP contribution is -2.02. The second kappa shape index (κ2) is 3.34. The van der Waals surface area contributed by atoms with Crippen molar-refractivity contribution >= 4 is 13.6 Å². The topological polar surface area (TPSA) is 26.0 Å². The first-order valence-corrected chi connectivity index (χ1v) is 4.28. The first kappa shape index (κ1) is 9.36. The zero-order valence-corrected chi connectivity index (χ0v) is 8.09. The molecule has 2 radical (unpaired) electrons. The lowest BCUT2D eigenvalue weighted by atomic mass is 10.0. The first-order chi connectivity index (χ1) is 5.52. The molecule has 1 rings (SSSR count). The Bertz CT molecular complexity index is 240. The summed E-state index contributed by atoms with van der Waals surface area (Å²) < 4.78 is 5.30. The summed E-state index contributed by atoms with van der Waals surface area (Å²) in [6.45, 7) is 8.32. The zero-order chi connectivity index (χ0) is 9.30. The summed E-state index contributed by atoms with van der Waals surface area (Å²) in [4.78, 5) is 4.14. The molecule has 0 bridgehead atoms. The van der Waals surface area contributed by atoms with Crippen molar-refractivity contribution in [1.82, 2.24) is 4.98 Å². The van der Waals surface area contributed by atoms with Gasteiger partial charge in [-0.15, -0.1) is 0 Å². The summed E-state index contributed by atoms with van der Waals surface area (Å²) in [5.41, 5.74) is 0.988. The standard InChI is InChI=1S/C9H14BNO/c1-5(2)7-8(6(3)4)12-9(10)11-7/h5-6H,1-4H3. The van der Waals surface area contributed by atoms with E-state index in [9.17, 15) is 0 Å². The molecule has 0 amide bonds. The molecule has 0 saturated heterocycles. The van der Waals surface area contributed by atoms with Gasteiger partial charge in [0, 0.05) is 5.92 Å². The second-order valence-corrected chi connectivity index (χ2v) is 3.61. The predicted octanol–water partition coefficient (Wildman–Crippen LogP) is 1.72. The van der Waals surface area contributed by atoms with Crippen molar-refractivity contribution < 1.29 is 4.42 Å². The van der Waals surface area contributed by atoms with Gasteiger partial charge in [-0.2, -0.15) is 0 Å². The normalized spacial score (nSPS) is 11.5. The first-order valence-electron chi connectivity index (χ1n) is 4.28. The quantitative estimate of drug-likeness (QED) is 0.620. The maximum Gasteiger partial charge on any atom is 0.197 e. The number of hydrogen-bond acceptors (Lipinski definition) is 2. The third-order valence-corrected chi connectivity index (χ3v) is 1.77. The smallest absolute Gasteiger partial charge is 0.197 e. The van der Waals surface area contributed by atoms with E-state index < -0.39 is 0 Å². The fourth-order valence-corrected chi connectivity index (χ4v) is 1.19. The third-order valence-electron chi connectivity index (χ3n) is 1.77. The van der Waals surface area contributed by atoms with E-state index in [1.165, 1.54) is 0 Å². The molecule has 0 fully saturated rings. The SMILES string of the molecule is [B]c1nc(C(C)C)c(C(C)C)o1. The minimum absolute atomic E-state index is 0.280. The maximum atomic E-state index is 5.48. The Morgan fingerprint density at radius 1 is 1.17 bits per heavy atom. The molecule has 0 spiro atoms. The Morgan fingerprint density at radius 3 is 2.08 bits per heavy atom. The Labute approximate surface area is 74.8 Å². The van der Waals surface area contributed by atoms with Gasteiger partial charge in [-0.3, -0.25) is 0 Å². The lowest BCUT2D eigenvalue weighted by molar-refractivity contribution is 0.502. The van der Waals surface area contributed by atoms with Crippen molar-refractivity contribution in [3.63, 3.8) is 0 Å². The molecule has 12 heavy (non-hydrogen) atoms. The van der Waals surface area contributed by atoms with E-state index >= 15 is 0 Å². The summed E-state index contributed by atoms with van der Waals surface area (Å²) >= 11 is 0. The van der Waals surface area contributed by atoms with Crippen molar-refractivity contribution in [1.29, 1.82) is 0 Å². The van der Waals surface area contributed by atoms with Crippen LogP contribution in [0.15, 0.2) is 4.42 Å². The van der Waals surface area contributed by atoms with Crippen LogP contribution in [0.5, 0.6) is 0 Å². The van der Waals surface area contributed by atoms with E-state index in [2.05, 4.69) is 32.7 Å². The Morgan fingerprint density at radius 2 is 1.75 bits per heavy atom. The maximum absolute atomic E-state index is 5.48. The van der Waals surface area contributed by atoms with Gasteiger partial charge >= 0.3 is 0 Å². The van der Waals surface area contributed by atoms with Crippen LogP contribution in [-0.2, 0) is 0 Å². The average molecular weight is 163 g/mol. The van der Waals surface area contributed by atoms with Gasteiger partial charge in [0.1, 0.15) is 11.6 Å². The molecule has 1 heterocycles. The molecule has 0 aliphatic rings. The van der Waals surface area contributed by atoms with E-state index in [-0.39, 0.29) is 5.79 Å². The molecule has 1 aromatic heterocycles. The predicted molar refractivity (Wildman–Crippen MR) is 50.1 cm³/mol. The number of oxazole rings is 1. The highest BCUT2D eigenvalue weighted by Gasteiger charge is 2.16. The fourth-order valence-electron chi connectivity index (χ4n) is 1.19. The summed E-state index contributed by atoms with van der Waals surface area (Å²) in [7, 11) is 5.48. The van der Waals surface area contributed by atoms with Crippen LogP contribution < -0.4 is 5.79 Å². The summed E-state index contributed by atoms with van der Waals surface area (Å²) in [6, 6.07) is 0. The van der Waals surface area contributed by atoms with E-state index in [1.54, 1.807) is 0 Å². The molecule has 0 atom stereocenters. The van der Waals surface area contributed by atoms with E-state index in [1.807, 2.05) is 0 Å². The van der Waals surface area contributed by atoms with Crippen molar-refractivity contribution in [2.75, 3.05) is 0 Å². The molecular formula is C9H14BNO. The molecule has 0 aliphatic heterocycles. The number of rotatable bonds is 2. The number of hydrogen-bond donors (Lipinski definition) is 0. The van der Waals surface area contributed by atoms with Crippen LogP contribution in [-0.4, -0.2) is 12.8 Å². The van der Waals surface area contributed by atoms with Crippen LogP contribution in [0.2, 0.25) is 0 Å². The van der Waals surface area contributed by atoms with E-state index in [0.29, 0.717) is 11.8 Å². The van der Waals surface area contributed by atoms with Crippen LogP contribution in [0.3, 0.4) is 0 Å². The molecule has 2 nitrogen and oxygen atoms in total. The largest absolute Gasteiger partial charge is 0.457 e.